The lowest BCUT2D eigenvalue weighted by atomic mass is 10.0. The fraction of sp³-hybridized carbons (Fsp3) is 0.250. The summed E-state index contributed by atoms with van der Waals surface area (Å²) in [5.41, 5.74) is 0.713. The molecule has 6 nitrogen and oxygen atoms in total. The molecule has 1 unspecified atom stereocenters. The van der Waals surface area contributed by atoms with Crippen LogP contribution in [0.4, 0.5) is 4.79 Å². The maximum Gasteiger partial charge on any atom is 0.314 e. The molecule has 1 atom stereocenters. The Balaban J connectivity index is 1.86. The number of aliphatic hydroxyl groups is 1. The predicted octanol–water partition coefficient (Wildman–Crippen LogP) is 1.65. The van der Waals surface area contributed by atoms with E-state index in [2.05, 4.69) is 10.6 Å². The normalized spacial score (nSPS) is 11.9. The van der Waals surface area contributed by atoms with Gasteiger partial charge in [-0.1, -0.05) is 36.4 Å². The van der Waals surface area contributed by atoms with E-state index in [1.54, 1.807) is 0 Å². The van der Waals surface area contributed by atoms with Crippen LogP contribution in [-0.4, -0.2) is 35.3 Å². The summed E-state index contributed by atoms with van der Waals surface area (Å²) in [6.45, 7) is 0.102. The van der Waals surface area contributed by atoms with Gasteiger partial charge in [-0.05, 0) is 22.4 Å². The number of rotatable bonds is 6. The molecule has 2 amide bonds. The number of fused-ring (bicyclic) bond motifs is 1. The summed E-state index contributed by atoms with van der Waals surface area (Å²) in [4.78, 5) is 21.8. The second-order valence-corrected chi connectivity index (χ2v) is 4.90. The smallest absolute Gasteiger partial charge is 0.314 e. The highest BCUT2D eigenvalue weighted by Crippen LogP contribution is 2.19. The maximum atomic E-state index is 11.4. The minimum absolute atomic E-state index is 0.0488. The Kier molecular flexibility index (Phi) is 5.32. The number of hydrogen-bond donors (Lipinski definition) is 4. The van der Waals surface area contributed by atoms with Gasteiger partial charge in [0.05, 0.1) is 12.5 Å². The monoisotopic (exact) mass is 302 g/mol. The molecule has 0 aromatic heterocycles. The first-order valence-electron chi connectivity index (χ1n) is 6.96. The van der Waals surface area contributed by atoms with Gasteiger partial charge in [-0.2, -0.15) is 0 Å². The molecule has 0 aliphatic heterocycles. The maximum absolute atomic E-state index is 11.4. The molecule has 2 aromatic carbocycles. The number of urea groups is 1. The standard InChI is InChI=1S/C16H18N2O4/c19-14(10-18-16(22)17-8-7-15(20)21)13-6-5-11-3-1-2-4-12(11)9-13/h1-6,9,14,19H,7-8,10H2,(H,20,21)(H2,17,18,22). The number of carbonyl (C=O) groups excluding carboxylic acids is 1. The van der Waals surface area contributed by atoms with Crippen molar-refractivity contribution in [3.05, 3.63) is 48.0 Å². The van der Waals surface area contributed by atoms with Crippen molar-refractivity contribution in [1.82, 2.24) is 10.6 Å². The van der Waals surface area contributed by atoms with Crippen molar-refractivity contribution in [2.75, 3.05) is 13.1 Å². The highest BCUT2D eigenvalue weighted by Gasteiger charge is 2.10. The molecule has 4 N–H and O–H groups in total. The van der Waals surface area contributed by atoms with Crippen LogP contribution in [0, 0.1) is 0 Å². The minimum Gasteiger partial charge on any atom is -0.481 e. The van der Waals surface area contributed by atoms with Crippen LogP contribution in [0.1, 0.15) is 18.1 Å². The lowest BCUT2D eigenvalue weighted by Crippen LogP contribution is -2.38. The molecule has 0 bridgehead atoms. The lowest BCUT2D eigenvalue weighted by molar-refractivity contribution is -0.136. The molecule has 0 aliphatic rings. The number of benzene rings is 2. The van der Waals surface area contributed by atoms with E-state index < -0.39 is 18.1 Å². The van der Waals surface area contributed by atoms with E-state index in [4.69, 9.17) is 5.11 Å². The van der Waals surface area contributed by atoms with Crippen LogP contribution in [0.15, 0.2) is 42.5 Å². The van der Waals surface area contributed by atoms with Crippen molar-refractivity contribution in [2.45, 2.75) is 12.5 Å². The van der Waals surface area contributed by atoms with E-state index >= 15 is 0 Å². The van der Waals surface area contributed by atoms with E-state index in [-0.39, 0.29) is 19.5 Å². The van der Waals surface area contributed by atoms with Crippen LogP contribution in [0.5, 0.6) is 0 Å². The SMILES string of the molecule is O=C(O)CCNC(=O)NCC(O)c1ccc2ccccc2c1. The Bertz CT molecular complexity index is 672. The molecule has 0 heterocycles. The van der Waals surface area contributed by atoms with Gasteiger partial charge in [0.1, 0.15) is 0 Å². The summed E-state index contributed by atoms with van der Waals surface area (Å²) in [6, 6.07) is 12.9. The van der Waals surface area contributed by atoms with Crippen molar-refractivity contribution in [1.29, 1.82) is 0 Å². The number of aliphatic hydroxyl groups excluding tert-OH is 1. The van der Waals surface area contributed by atoms with Gasteiger partial charge in [0.25, 0.3) is 0 Å². The van der Waals surface area contributed by atoms with E-state index in [1.165, 1.54) is 0 Å². The average molecular weight is 302 g/mol. The fourth-order valence-corrected chi connectivity index (χ4v) is 2.07. The van der Waals surface area contributed by atoms with Crippen molar-refractivity contribution >= 4 is 22.8 Å². The van der Waals surface area contributed by atoms with Crippen LogP contribution in [0.3, 0.4) is 0 Å². The molecule has 6 heteroatoms. The first kappa shape index (κ1) is 15.8. The van der Waals surface area contributed by atoms with E-state index in [9.17, 15) is 14.7 Å². The zero-order valence-electron chi connectivity index (χ0n) is 12.0. The topological polar surface area (TPSA) is 98.7 Å². The van der Waals surface area contributed by atoms with Crippen molar-refractivity contribution in [3.63, 3.8) is 0 Å². The summed E-state index contributed by atoms with van der Waals surface area (Å²) in [5.74, 6) is -0.975. The fourth-order valence-electron chi connectivity index (χ4n) is 2.07. The van der Waals surface area contributed by atoms with Crippen LogP contribution < -0.4 is 10.6 Å². The van der Waals surface area contributed by atoms with Gasteiger partial charge in [0, 0.05) is 13.1 Å². The molecular weight excluding hydrogens is 284 g/mol. The Morgan fingerprint density at radius 3 is 2.50 bits per heavy atom. The van der Waals surface area contributed by atoms with E-state index in [0.717, 1.165) is 10.8 Å². The van der Waals surface area contributed by atoms with Crippen LogP contribution in [0.25, 0.3) is 10.8 Å². The largest absolute Gasteiger partial charge is 0.481 e. The number of amides is 2. The van der Waals surface area contributed by atoms with Crippen molar-refractivity contribution in [3.8, 4) is 0 Å². The Morgan fingerprint density at radius 2 is 1.77 bits per heavy atom. The quantitative estimate of drug-likeness (QED) is 0.652. The number of carboxylic acids is 1. The molecule has 0 spiro atoms. The van der Waals surface area contributed by atoms with E-state index in [0.29, 0.717) is 5.56 Å². The van der Waals surface area contributed by atoms with Gasteiger partial charge >= 0.3 is 12.0 Å². The number of aliphatic carboxylic acids is 1. The Hall–Kier alpha value is -2.60. The summed E-state index contributed by atoms with van der Waals surface area (Å²) < 4.78 is 0. The molecule has 0 radical (unpaired) electrons. The lowest BCUT2D eigenvalue weighted by Gasteiger charge is -2.13. The first-order chi connectivity index (χ1) is 10.6. The third-order valence-corrected chi connectivity index (χ3v) is 3.24. The van der Waals surface area contributed by atoms with Crippen LogP contribution in [-0.2, 0) is 4.79 Å². The average Bonchev–Trinajstić information content (AvgIpc) is 2.51. The summed E-state index contributed by atoms with van der Waals surface area (Å²) in [6.07, 6.45) is -0.962. The molecule has 116 valence electrons. The molecule has 0 saturated carbocycles. The third kappa shape index (κ3) is 4.46. The number of nitrogens with one attached hydrogen (secondary N) is 2. The van der Waals surface area contributed by atoms with Gasteiger partial charge in [-0.3, -0.25) is 4.79 Å². The van der Waals surface area contributed by atoms with Gasteiger partial charge < -0.3 is 20.8 Å². The zero-order chi connectivity index (χ0) is 15.9. The highest BCUT2D eigenvalue weighted by atomic mass is 16.4. The van der Waals surface area contributed by atoms with E-state index in [1.807, 2.05) is 42.5 Å². The highest BCUT2D eigenvalue weighted by molar-refractivity contribution is 5.83. The molecule has 22 heavy (non-hydrogen) atoms. The van der Waals surface area contributed by atoms with Crippen LogP contribution in [0.2, 0.25) is 0 Å². The second-order valence-electron chi connectivity index (χ2n) is 4.90. The molecule has 0 fully saturated rings. The van der Waals surface area contributed by atoms with Crippen LogP contribution >= 0.6 is 0 Å². The summed E-state index contributed by atoms with van der Waals surface area (Å²) in [7, 11) is 0. The van der Waals surface area contributed by atoms with Gasteiger partial charge in [0.15, 0.2) is 0 Å². The Morgan fingerprint density at radius 1 is 1.05 bits per heavy atom. The predicted molar refractivity (Wildman–Crippen MR) is 82.6 cm³/mol. The minimum atomic E-state index is -0.975. The molecule has 2 aromatic rings. The Labute approximate surface area is 127 Å². The number of carboxylic acid groups (broad SMARTS) is 1. The summed E-state index contributed by atoms with van der Waals surface area (Å²) in [5, 5.41) is 25.6. The third-order valence-electron chi connectivity index (χ3n) is 3.24. The van der Waals surface area contributed by atoms with Crippen molar-refractivity contribution in [2.24, 2.45) is 0 Å². The molecular formula is C16H18N2O4. The summed E-state index contributed by atoms with van der Waals surface area (Å²) >= 11 is 0. The van der Waals surface area contributed by atoms with Crippen molar-refractivity contribution < 1.29 is 19.8 Å². The number of hydrogen-bond acceptors (Lipinski definition) is 3. The van der Waals surface area contributed by atoms with Gasteiger partial charge in [-0.25, -0.2) is 4.79 Å². The molecule has 2 rings (SSSR count). The number of carbonyl (C=O) groups is 2. The zero-order valence-corrected chi connectivity index (χ0v) is 12.0. The second kappa shape index (κ2) is 7.42. The van der Waals surface area contributed by atoms with Gasteiger partial charge in [-0.15, -0.1) is 0 Å². The first-order valence-corrected chi connectivity index (χ1v) is 6.96. The molecule has 0 saturated heterocycles. The molecule has 0 aliphatic carbocycles. The van der Waals surface area contributed by atoms with Gasteiger partial charge in [0.2, 0.25) is 0 Å².